The van der Waals surface area contributed by atoms with Crippen molar-refractivity contribution in [3.8, 4) is 5.75 Å². The summed E-state index contributed by atoms with van der Waals surface area (Å²) < 4.78 is 58.5. The van der Waals surface area contributed by atoms with Gasteiger partial charge in [0, 0.05) is 37.8 Å². The number of halogens is 4. The predicted octanol–water partition coefficient (Wildman–Crippen LogP) is 4.57. The molecule has 1 aliphatic heterocycles. The monoisotopic (exact) mass is 354 g/mol. The molecular formula is C18H18F4N2O. The SMILES string of the molecule is COc1cccnc1C1(F)CCN(c2ccc(C(F)(F)F)cc2)CC1. The van der Waals surface area contributed by atoms with Crippen LogP contribution in [-0.2, 0) is 11.8 Å². The number of benzene rings is 1. The number of methoxy groups -OCH3 is 1. The van der Waals surface area contributed by atoms with Gasteiger partial charge in [0.05, 0.1) is 12.7 Å². The summed E-state index contributed by atoms with van der Waals surface area (Å²) in [6.45, 7) is 0.781. The van der Waals surface area contributed by atoms with Crippen LogP contribution in [0.1, 0.15) is 24.1 Å². The van der Waals surface area contributed by atoms with Gasteiger partial charge in [-0.25, -0.2) is 4.39 Å². The number of piperidine rings is 1. The number of hydrogen-bond donors (Lipinski definition) is 0. The third kappa shape index (κ3) is 3.55. The van der Waals surface area contributed by atoms with Crippen molar-refractivity contribution in [3.05, 3.63) is 53.9 Å². The Kier molecular flexibility index (Phi) is 4.58. The van der Waals surface area contributed by atoms with Gasteiger partial charge in [-0.3, -0.25) is 4.98 Å². The highest BCUT2D eigenvalue weighted by Crippen LogP contribution is 2.41. The van der Waals surface area contributed by atoms with Crippen molar-refractivity contribution >= 4 is 5.69 Å². The number of pyridine rings is 1. The van der Waals surface area contributed by atoms with Crippen molar-refractivity contribution in [1.82, 2.24) is 4.98 Å². The fraction of sp³-hybridized carbons (Fsp3) is 0.389. The van der Waals surface area contributed by atoms with E-state index in [1.807, 2.05) is 4.90 Å². The molecular weight excluding hydrogens is 336 g/mol. The maximum Gasteiger partial charge on any atom is 0.416 e. The molecule has 3 nitrogen and oxygen atoms in total. The summed E-state index contributed by atoms with van der Waals surface area (Å²) in [5.41, 5.74) is -1.35. The Morgan fingerprint density at radius 1 is 1.08 bits per heavy atom. The Morgan fingerprint density at radius 2 is 1.72 bits per heavy atom. The number of nitrogens with zero attached hydrogens (tertiary/aromatic N) is 2. The van der Waals surface area contributed by atoms with E-state index in [0.717, 1.165) is 12.1 Å². The first-order valence-corrected chi connectivity index (χ1v) is 7.94. The summed E-state index contributed by atoms with van der Waals surface area (Å²) in [5, 5.41) is 0. The summed E-state index contributed by atoms with van der Waals surface area (Å²) in [4.78, 5) is 6.02. The topological polar surface area (TPSA) is 25.4 Å². The first kappa shape index (κ1) is 17.5. The van der Waals surface area contributed by atoms with Gasteiger partial charge in [0.1, 0.15) is 11.4 Å². The van der Waals surface area contributed by atoms with Gasteiger partial charge in [0.15, 0.2) is 5.67 Å². The average Bonchev–Trinajstić information content (AvgIpc) is 2.62. The molecule has 1 aromatic carbocycles. The molecule has 0 aliphatic carbocycles. The Balaban J connectivity index is 1.73. The van der Waals surface area contributed by atoms with E-state index >= 15 is 4.39 Å². The van der Waals surface area contributed by atoms with Crippen molar-refractivity contribution in [2.45, 2.75) is 24.7 Å². The third-order valence-corrected chi connectivity index (χ3v) is 4.53. The van der Waals surface area contributed by atoms with E-state index < -0.39 is 17.4 Å². The zero-order chi connectivity index (χ0) is 18.1. The molecule has 1 fully saturated rings. The molecule has 7 heteroatoms. The summed E-state index contributed by atoms with van der Waals surface area (Å²) in [5.74, 6) is 0.410. The van der Waals surface area contributed by atoms with Crippen LogP contribution in [0.5, 0.6) is 5.75 Å². The molecule has 0 amide bonds. The van der Waals surface area contributed by atoms with E-state index in [9.17, 15) is 13.2 Å². The lowest BCUT2D eigenvalue weighted by Gasteiger charge is -2.37. The van der Waals surface area contributed by atoms with Crippen molar-refractivity contribution < 1.29 is 22.3 Å². The van der Waals surface area contributed by atoms with Crippen molar-refractivity contribution in [2.24, 2.45) is 0 Å². The zero-order valence-corrected chi connectivity index (χ0v) is 13.7. The van der Waals surface area contributed by atoms with Gasteiger partial charge in [-0.2, -0.15) is 13.2 Å². The zero-order valence-electron chi connectivity index (χ0n) is 13.7. The normalized spacial score (nSPS) is 17.4. The number of ether oxygens (including phenoxy) is 1. The number of anilines is 1. The van der Waals surface area contributed by atoms with E-state index in [2.05, 4.69) is 4.98 Å². The van der Waals surface area contributed by atoms with Crippen LogP contribution in [0.3, 0.4) is 0 Å². The Labute approximate surface area is 143 Å². The molecule has 25 heavy (non-hydrogen) atoms. The maximum atomic E-state index is 15.3. The number of alkyl halides is 4. The number of rotatable bonds is 3. The van der Waals surface area contributed by atoms with Gasteiger partial charge in [0.2, 0.25) is 0 Å². The number of hydrogen-bond acceptors (Lipinski definition) is 3. The molecule has 0 unspecified atom stereocenters. The van der Waals surface area contributed by atoms with Crippen LogP contribution < -0.4 is 9.64 Å². The smallest absolute Gasteiger partial charge is 0.416 e. The molecule has 3 rings (SSSR count). The first-order chi connectivity index (χ1) is 11.8. The van der Waals surface area contributed by atoms with Crippen molar-refractivity contribution in [1.29, 1.82) is 0 Å². The molecule has 1 aromatic heterocycles. The third-order valence-electron chi connectivity index (χ3n) is 4.53. The fourth-order valence-corrected chi connectivity index (χ4v) is 3.11. The molecule has 2 heterocycles. The minimum atomic E-state index is -4.36. The fourth-order valence-electron chi connectivity index (χ4n) is 3.11. The minimum absolute atomic E-state index is 0.196. The molecule has 0 bridgehead atoms. The van der Waals surface area contributed by atoms with E-state index in [4.69, 9.17) is 4.74 Å². The van der Waals surface area contributed by atoms with Gasteiger partial charge in [0.25, 0.3) is 0 Å². The Morgan fingerprint density at radius 3 is 2.28 bits per heavy atom. The van der Waals surface area contributed by atoms with Crippen LogP contribution in [0.4, 0.5) is 23.2 Å². The molecule has 0 N–H and O–H groups in total. The highest BCUT2D eigenvalue weighted by molar-refractivity contribution is 5.49. The van der Waals surface area contributed by atoms with Crippen LogP contribution in [0.2, 0.25) is 0 Å². The minimum Gasteiger partial charge on any atom is -0.495 e. The lowest BCUT2D eigenvalue weighted by Crippen LogP contribution is -2.40. The first-order valence-electron chi connectivity index (χ1n) is 7.94. The van der Waals surface area contributed by atoms with E-state index in [-0.39, 0.29) is 18.5 Å². The van der Waals surface area contributed by atoms with Crippen LogP contribution in [-0.4, -0.2) is 25.2 Å². The molecule has 0 saturated carbocycles. The summed E-state index contributed by atoms with van der Waals surface area (Å²) in [6.07, 6.45) is -2.44. The lowest BCUT2D eigenvalue weighted by molar-refractivity contribution is -0.137. The van der Waals surface area contributed by atoms with Gasteiger partial charge in [-0.15, -0.1) is 0 Å². The van der Waals surface area contributed by atoms with Gasteiger partial charge >= 0.3 is 6.18 Å². The maximum absolute atomic E-state index is 15.3. The van der Waals surface area contributed by atoms with Crippen molar-refractivity contribution in [2.75, 3.05) is 25.1 Å². The highest BCUT2D eigenvalue weighted by Gasteiger charge is 2.40. The second-order valence-electron chi connectivity index (χ2n) is 6.05. The molecule has 0 radical (unpaired) electrons. The van der Waals surface area contributed by atoms with Gasteiger partial charge in [-0.1, -0.05) is 0 Å². The van der Waals surface area contributed by atoms with E-state index in [1.54, 1.807) is 12.1 Å². The average molecular weight is 354 g/mol. The summed E-state index contributed by atoms with van der Waals surface area (Å²) in [7, 11) is 1.47. The molecule has 0 atom stereocenters. The van der Waals surface area contributed by atoms with Gasteiger partial charge in [-0.05, 0) is 36.4 Å². The van der Waals surface area contributed by atoms with Crippen LogP contribution in [0, 0.1) is 0 Å². The largest absolute Gasteiger partial charge is 0.495 e. The Bertz CT molecular complexity index is 723. The quantitative estimate of drug-likeness (QED) is 0.755. The van der Waals surface area contributed by atoms with Crippen LogP contribution in [0.25, 0.3) is 0 Å². The standard InChI is InChI=1S/C18H18F4N2O/c1-25-15-3-2-10-23-16(15)17(19)8-11-24(12-9-17)14-6-4-13(5-7-14)18(20,21)22/h2-7,10H,8-9,11-12H2,1H3. The molecule has 1 aliphatic rings. The van der Waals surface area contributed by atoms with E-state index in [0.29, 0.717) is 24.5 Å². The second kappa shape index (κ2) is 6.54. The molecule has 1 saturated heterocycles. The second-order valence-corrected chi connectivity index (χ2v) is 6.05. The molecule has 0 spiro atoms. The predicted molar refractivity (Wildman–Crippen MR) is 86.5 cm³/mol. The molecule has 2 aromatic rings. The van der Waals surface area contributed by atoms with Crippen molar-refractivity contribution in [3.63, 3.8) is 0 Å². The van der Waals surface area contributed by atoms with Gasteiger partial charge < -0.3 is 9.64 Å². The summed E-state index contributed by atoms with van der Waals surface area (Å²) in [6, 6.07) is 8.31. The molecule has 134 valence electrons. The number of aromatic nitrogens is 1. The Hall–Kier alpha value is -2.31. The lowest BCUT2D eigenvalue weighted by atomic mass is 9.88. The van der Waals surface area contributed by atoms with Crippen LogP contribution >= 0.6 is 0 Å². The highest BCUT2D eigenvalue weighted by atomic mass is 19.4. The summed E-state index contributed by atoms with van der Waals surface area (Å²) >= 11 is 0. The van der Waals surface area contributed by atoms with Crippen LogP contribution in [0.15, 0.2) is 42.6 Å². The van der Waals surface area contributed by atoms with E-state index in [1.165, 1.54) is 25.4 Å².